The second-order valence-corrected chi connectivity index (χ2v) is 16.1. The highest BCUT2D eigenvalue weighted by Gasteiger charge is 2.34. The number of hydrogen-bond donors (Lipinski definition) is 0. The van der Waals surface area contributed by atoms with E-state index in [-0.39, 0.29) is 11.3 Å². The summed E-state index contributed by atoms with van der Waals surface area (Å²) in [7, 11) is 0. The molecule has 2 nitrogen and oxygen atoms in total. The van der Waals surface area contributed by atoms with Crippen LogP contribution in [0.15, 0.2) is 140 Å². The van der Waals surface area contributed by atoms with Crippen molar-refractivity contribution in [3.8, 4) is 0 Å². The molecule has 0 bridgehead atoms. The van der Waals surface area contributed by atoms with Crippen LogP contribution in [0.1, 0.15) is 67.9 Å². The fourth-order valence-electron chi connectivity index (χ4n) is 8.84. The quantitative estimate of drug-likeness (QED) is 0.151. The molecule has 5 heteroatoms. The number of alkyl halides is 3. The highest BCUT2D eigenvalue weighted by atomic mass is 19.4. The van der Waals surface area contributed by atoms with E-state index in [1.807, 2.05) is 30.3 Å². The minimum atomic E-state index is -4.42. The standard InChI is InChI=1S/C50H43F3N2/c1-31(2)41-30-45(55(36-14-10-7-11-15-36)37-20-16-32(3)17-21-37)42-29-43-46-33(26-27-49(43,4)5)28-44(40-25-24-39(41)47(42)48(40)46)54(35-12-8-6-9-13-35)38-22-18-34(19-23-38)50(51,52)53/h6-25,28-31H,26-27H2,1-5H3. The molecule has 0 aliphatic heterocycles. The summed E-state index contributed by atoms with van der Waals surface area (Å²) < 4.78 is 41.4. The van der Waals surface area contributed by atoms with Gasteiger partial charge in [0, 0.05) is 38.9 Å². The summed E-state index contributed by atoms with van der Waals surface area (Å²) in [5.74, 6) is 0.245. The van der Waals surface area contributed by atoms with Gasteiger partial charge < -0.3 is 9.80 Å². The summed E-state index contributed by atoms with van der Waals surface area (Å²) in [5, 5.41) is 7.26. The number of rotatable bonds is 7. The highest BCUT2D eigenvalue weighted by Crippen LogP contribution is 2.54. The van der Waals surface area contributed by atoms with Crippen LogP contribution in [-0.4, -0.2) is 0 Å². The predicted molar refractivity (Wildman–Crippen MR) is 225 cm³/mol. The lowest BCUT2D eigenvalue weighted by molar-refractivity contribution is -0.137. The zero-order valence-corrected chi connectivity index (χ0v) is 31.8. The maximum atomic E-state index is 13.8. The fraction of sp³-hybridized carbons (Fsp3) is 0.200. The minimum absolute atomic E-state index is 0.0801. The van der Waals surface area contributed by atoms with Crippen LogP contribution in [-0.2, 0) is 18.0 Å². The van der Waals surface area contributed by atoms with Crippen molar-refractivity contribution in [1.29, 1.82) is 0 Å². The van der Waals surface area contributed by atoms with Gasteiger partial charge in [0.15, 0.2) is 0 Å². The molecule has 0 saturated heterocycles. The van der Waals surface area contributed by atoms with E-state index in [1.54, 1.807) is 12.1 Å². The molecule has 0 spiro atoms. The molecular weight excluding hydrogens is 686 g/mol. The van der Waals surface area contributed by atoms with Crippen LogP contribution in [0.2, 0.25) is 0 Å². The van der Waals surface area contributed by atoms with E-state index in [0.29, 0.717) is 5.69 Å². The van der Waals surface area contributed by atoms with E-state index in [1.165, 1.54) is 61.3 Å². The van der Waals surface area contributed by atoms with Crippen LogP contribution < -0.4 is 9.80 Å². The molecule has 0 unspecified atom stereocenters. The summed E-state index contributed by atoms with van der Waals surface area (Å²) in [6, 6.07) is 46.7. The average molecular weight is 729 g/mol. The molecule has 55 heavy (non-hydrogen) atoms. The van der Waals surface area contributed by atoms with Crippen LogP contribution in [0.5, 0.6) is 0 Å². The third-order valence-electron chi connectivity index (χ3n) is 11.7. The van der Waals surface area contributed by atoms with E-state index in [4.69, 9.17) is 0 Å². The van der Waals surface area contributed by atoms with Crippen LogP contribution in [0, 0.1) is 6.92 Å². The molecule has 0 fully saturated rings. The minimum Gasteiger partial charge on any atom is -0.310 e. The largest absolute Gasteiger partial charge is 0.416 e. The van der Waals surface area contributed by atoms with Crippen LogP contribution in [0.4, 0.5) is 47.3 Å². The first-order valence-electron chi connectivity index (χ1n) is 19.2. The van der Waals surface area contributed by atoms with Crippen LogP contribution in [0.3, 0.4) is 0 Å². The molecule has 8 aromatic carbocycles. The van der Waals surface area contributed by atoms with Gasteiger partial charge in [-0.25, -0.2) is 0 Å². The van der Waals surface area contributed by atoms with E-state index < -0.39 is 11.7 Å². The number of aryl methyl sites for hydroxylation is 2. The van der Waals surface area contributed by atoms with Crippen molar-refractivity contribution in [1.82, 2.24) is 0 Å². The number of para-hydroxylation sites is 2. The lowest BCUT2D eigenvalue weighted by Gasteiger charge is -2.37. The number of halogens is 3. The van der Waals surface area contributed by atoms with Crippen molar-refractivity contribution in [2.24, 2.45) is 0 Å². The van der Waals surface area contributed by atoms with Gasteiger partial charge in [0.1, 0.15) is 0 Å². The molecular formula is C50H43F3N2. The molecule has 274 valence electrons. The van der Waals surface area contributed by atoms with Gasteiger partial charge in [0.25, 0.3) is 0 Å². The molecule has 0 amide bonds. The van der Waals surface area contributed by atoms with Crippen molar-refractivity contribution >= 4 is 66.4 Å². The first kappa shape index (κ1) is 34.9. The predicted octanol–water partition coefficient (Wildman–Crippen LogP) is 15.2. The molecule has 0 radical (unpaired) electrons. The first-order chi connectivity index (χ1) is 26.4. The number of nitrogens with zero attached hydrogens (tertiary/aromatic N) is 2. The highest BCUT2D eigenvalue weighted by molar-refractivity contribution is 6.30. The zero-order valence-electron chi connectivity index (χ0n) is 31.8. The Balaban J connectivity index is 1.43. The van der Waals surface area contributed by atoms with E-state index in [0.717, 1.165) is 46.7 Å². The van der Waals surface area contributed by atoms with Crippen molar-refractivity contribution < 1.29 is 13.2 Å². The number of anilines is 6. The summed E-state index contributed by atoms with van der Waals surface area (Å²) in [6.07, 6.45) is -2.54. The normalized spacial score (nSPS) is 14.0. The molecule has 0 atom stereocenters. The Morgan fingerprint density at radius 2 is 1.09 bits per heavy atom. The SMILES string of the molecule is Cc1ccc(N(c2ccccc2)c2cc(C(C)C)c3ccc4c(N(c5ccccc5)c5ccc(C(F)(F)F)cc5)cc5c6c(cc2c3c46)C(C)(C)CC5)cc1. The Morgan fingerprint density at radius 3 is 1.65 bits per heavy atom. The van der Waals surface area contributed by atoms with E-state index >= 15 is 0 Å². The smallest absolute Gasteiger partial charge is 0.310 e. The Bertz CT molecular complexity index is 2680. The van der Waals surface area contributed by atoms with Gasteiger partial charge in [-0.2, -0.15) is 13.2 Å². The van der Waals surface area contributed by atoms with E-state index in [2.05, 4.69) is 129 Å². The Kier molecular flexibility index (Phi) is 8.20. The zero-order chi connectivity index (χ0) is 38.2. The second kappa shape index (κ2) is 12.9. The molecule has 0 aromatic heterocycles. The maximum Gasteiger partial charge on any atom is 0.416 e. The van der Waals surface area contributed by atoms with Crippen molar-refractivity contribution in [3.63, 3.8) is 0 Å². The summed E-state index contributed by atoms with van der Waals surface area (Å²) >= 11 is 0. The summed E-state index contributed by atoms with van der Waals surface area (Å²) in [6.45, 7) is 11.4. The van der Waals surface area contributed by atoms with Crippen molar-refractivity contribution in [3.05, 3.63) is 167 Å². The van der Waals surface area contributed by atoms with E-state index in [9.17, 15) is 13.2 Å². The van der Waals surface area contributed by atoms with Gasteiger partial charge in [0.05, 0.1) is 16.9 Å². The summed E-state index contributed by atoms with van der Waals surface area (Å²) in [4.78, 5) is 4.54. The molecule has 0 N–H and O–H groups in total. The third-order valence-corrected chi connectivity index (χ3v) is 11.7. The molecule has 0 heterocycles. The Labute approximate surface area is 320 Å². The van der Waals surface area contributed by atoms with Gasteiger partial charge in [0.2, 0.25) is 0 Å². The maximum absolute atomic E-state index is 13.8. The van der Waals surface area contributed by atoms with Crippen molar-refractivity contribution in [2.45, 2.75) is 65.0 Å². The van der Waals surface area contributed by atoms with Gasteiger partial charge >= 0.3 is 6.18 Å². The molecule has 9 rings (SSSR count). The first-order valence-corrected chi connectivity index (χ1v) is 19.2. The molecule has 1 aliphatic rings. The number of hydrogen-bond acceptors (Lipinski definition) is 2. The molecule has 1 aliphatic carbocycles. The van der Waals surface area contributed by atoms with Gasteiger partial charge in [-0.15, -0.1) is 0 Å². The topological polar surface area (TPSA) is 6.48 Å². The molecule has 8 aromatic rings. The van der Waals surface area contributed by atoms with Gasteiger partial charge in [-0.3, -0.25) is 0 Å². The van der Waals surface area contributed by atoms with Gasteiger partial charge in [-0.1, -0.05) is 93.9 Å². The lowest BCUT2D eigenvalue weighted by Crippen LogP contribution is -2.24. The number of benzene rings is 8. The fourth-order valence-corrected chi connectivity index (χ4v) is 8.84. The second-order valence-electron chi connectivity index (χ2n) is 16.1. The average Bonchev–Trinajstić information content (AvgIpc) is 3.18. The van der Waals surface area contributed by atoms with Crippen LogP contribution >= 0.6 is 0 Å². The summed E-state index contributed by atoms with van der Waals surface area (Å²) in [5.41, 5.74) is 10.2. The monoisotopic (exact) mass is 728 g/mol. The van der Waals surface area contributed by atoms with Crippen LogP contribution in [0.25, 0.3) is 32.3 Å². The lowest BCUT2D eigenvalue weighted by atomic mass is 9.70. The van der Waals surface area contributed by atoms with Crippen molar-refractivity contribution in [2.75, 3.05) is 9.80 Å². The Morgan fingerprint density at radius 1 is 0.564 bits per heavy atom. The van der Waals surface area contributed by atoms with Gasteiger partial charge in [-0.05, 0) is 143 Å². The molecule has 0 saturated carbocycles. The Hall–Kier alpha value is -5.81. The third kappa shape index (κ3) is 5.80.